The van der Waals surface area contributed by atoms with Gasteiger partial charge in [-0.25, -0.2) is 13.1 Å². The topological polar surface area (TPSA) is 78.5 Å². The minimum atomic E-state index is -3.53. The Morgan fingerprint density at radius 3 is 2.35 bits per heavy atom. The van der Waals surface area contributed by atoms with Gasteiger partial charge in [-0.1, -0.05) is 6.42 Å². The van der Waals surface area contributed by atoms with Gasteiger partial charge in [0.05, 0.1) is 4.90 Å². The van der Waals surface area contributed by atoms with E-state index in [4.69, 9.17) is 0 Å². The second kappa shape index (κ2) is 7.90. The highest BCUT2D eigenvalue weighted by Gasteiger charge is 2.20. The molecular weight excluding hydrogens is 314 g/mol. The van der Waals surface area contributed by atoms with Crippen molar-refractivity contribution in [2.24, 2.45) is 0 Å². The van der Waals surface area contributed by atoms with Gasteiger partial charge in [0.15, 0.2) is 0 Å². The van der Waals surface area contributed by atoms with E-state index >= 15 is 0 Å². The molecule has 128 valence electrons. The first-order chi connectivity index (χ1) is 10.9. The van der Waals surface area contributed by atoms with Crippen LogP contribution < -0.4 is 10.0 Å². The maximum atomic E-state index is 12.3. The van der Waals surface area contributed by atoms with Crippen LogP contribution in [0.25, 0.3) is 0 Å². The van der Waals surface area contributed by atoms with Gasteiger partial charge >= 0.3 is 0 Å². The van der Waals surface area contributed by atoms with E-state index in [9.17, 15) is 13.2 Å². The second-order valence-corrected chi connectivity index (χ2v) is 7.77. The molecule has 2 N–H and O–H groups in total. The lowest BCUT2D eigenvalue weighted by Crippen LogP contribution is -2.44. The van der Waals surface area contributed by atoms with Gasteiger partial charge in [-0.3, -0.25) is 9.69 Å². The van der Waals surface area contributed by atoms with Crippen LogP contribution in [-0.2, 0) is 14.8 Å². The van der Waals surface area contributed by atoms with E-state index in [0.717, 1.165) is 13.1 Å². The summed E-state index contributed by atoms with van der Waals surface area (Å²) in [6, 6.07) is 6.36. The molecule has 0 bridgehead atoms. The van der Waals surface area contributed by atoms with Crippen LogP contribution in [0.5, 0.6) is 0 Å². The summed E-state index contributed by atoms with van der Waals surface area (Å²) in [6.45, 7) is 5.93. The van der Waals surface area contributed by atoms with Gasteiger partial charge in [0, 0.05) is 25.2 Å². The summed E-state index contributed by atoms with van der Waals surface area (Å²) in [4.78, 5) is 13.5. The normalized spacial score (nSPS) is 17.7. The van der Waals surface area contributed by atoms with E-state index in [1.54, 1.807) is 12.1 Å². The van der Waals surface area contributed by atoms with Crippen molar-refractivity contribution in [2.45, 2.75) is 44.0 Å². The van der Waals surface area contributed by atoms with Crippen molar-refractivity contribution >= 4 is 21.6 Å². The minimum absolute atomic E-state index is 0.184. The van der Waals surface area contributed by atoms with Crippen molar-refractivity contribution in [1.29, 1.82) is 0 Å². The highest BCUT2D eigenvalue weighted by Crippen LogP contribution is 2.15. The molecular formula is C16H25N3O3S. The van der Waals surface area contributed by atoms with Crippen molar-refractivity contribution in [2.75, 3.05) is 25.0 Å². The van der Waals surface area contributed by atoms with Crippen molar-refractivity contribution in [3.05, 3.63) is 24.3 Å². The standard InChI is InChI=1S/C16H25N3O3S/c1-13(19-10-4-3-5-11-19)12-17-23(21,22)16-8-6-15(7-9-16)18-14(2)20/h6-9,13,17H,3-5,10-12H2,1-2H3,(H,18,20). The highest BCUT2D eigenvalue weighted by molar-refractivity contribution is 7.89. The summed E-state index contributed by atoms with van der Waals surface area (Å²) in [5.74, 6) is -0.186. The lowest BCUT2D eigenvalue weighted by molar-refractivity contribution is -0.114. The van der Waals surface area contributed by atoms with Crippen molar-refractivity contribution in [3.8, 4) is 0 Å². The van der Waals surface area contributed by atoms with Crippen LogP contribution in [0.4, 0.5) is 5.69 Å². The summed E-state index contributed by atoms with van der Waals surface area (Å²) in [6.07, 6.45) is 3.62. The SMILES string of the molecule is CC(=O)Nc1ccc(S(=O)(=O)NCC(C)N2CCCCC2)cc1. The van der Waals surface area contributed by atoms with E-state index in [0.29, 0.717) is 12.2 Å². The van der Waals surface area contributed by atoms with E-state index in [1.807, 2.05) is 6.92 Å². The van der Waals surface area contributed by atoms with Crippen LogP contribution in [-0.4, -0.2) is 44.9 Å². The van der Waals surface area contributed by atoms with Gasteiger partial charge in [-0.05, 0) is 57.1 Å². The van der Waals surface area contributed by atoms with Gasteiger partial charge in [-0.2, -0.15) is 0 Å². The Balaban J connectivity index is 1.94. The number of piperidine rings is 1. The third-order valence-corrected chi connectivity index (χ3v) is 5.51. The van der Waals surface area contributed by atoms with Crippen LogP contribution in [0, 0.1) is 0 Å². The number of rotatable bonds is 6. The number of nitrogens with zero attached hydrogens (tertiary/aromatic N) is 1. The number of nitrogens with one attached hydrogen (secondary N) is 2. The van der Waals surface area contributed by atoms with Gasteiger partial charge in [0.1, 0.15) is 0 Å². The quantitative estimate of drug-likeness (QED) is 0.828. The van der Waals surface area contributed by atoms with E-state index in [1.165, 1.54) is 38.3 Å². The number of hydrogen-bond donors (Lipinski definition) is 2. The first-order valence-electron chi connectivity index (χ1n) is 8.00. The first kappa shape index (κ1) is 17.9. The average Bonchev–Trinajstić information content (AvgIpc) is 2.53. The Kier molecular flexibility index (Phi) is 6.15. The summed E-state index contributed by atoms with van der Waals surface area (Å²) in [5.41, 5.74) is 0.582. The molecule has 6 nitrogen and oxygen atoms in total. The van der Waals surface area contributed by atoms with Crippen molar-refractivity contribution < 1.29 is 13.2 Å². The van der Waals surface area contributed by atoms with E-state index < -0.39 is 10.0 Å². The van der Waals surface area contributed by atoms with Crippen molar-refractivity contribution in [3.63, 3.8) is 0 Å². The zero-order chi connectivity index (χ0) is 16.9. The van der Waals surface area contributed by atoms with Crippen LogP contribution in [0.1, 0.15) is 33.1 Å². The third-order valence-electron chi connectivity index (χ3n) is 4.07. The fourth-order valence-electron chi connectivity index (χ4n) is 2.72. The van der Waals surface area contributed by atoms with Gasteiger partial charge in [-0.15, -0.1) is 0 Å². The van der Waals surface area contributed by atoms with E-state index in [2.05, 4.69) is 14.9 Å². The monoisotopic (exact) mass is 339 g/mol. The number of benzene rings is 1. The number of sulfonamides is 1. The fraction of sp³-hybridized carbons (Fsp3) is 0.562. The highest BCUT2D eigenvalue weighted by atomic mass is 32.2. The second-order valence-electron chi connectivity index (χ2n) is 6.00. The van der Waals surface area contributed by atoms with Crippen LogP contribution in [0.3, 0.4) is 0 Å². The fourth-order valence-corrected chi connectivity index (χ4v) is 3.84. The average molecular weight is 339 g/mol. The first-order valence-corrected chi connectivity index (χ1v) is 9.48. The van der Waals surface area contributed by atoms with Crippen molar-refractivity contribution in [1.82, 2.24) is 9.62 Å². The lowest BCUT2D eigenvalue weighted by atomic mass is 10.1. The molecule has 0 saturated carbocycles. The molecule has 0 radical (unpaired) electrons. The Hall–Kier alpha value is -1.44. The molecule has 1 unspecified atom stereocenters. The van der Waals surface area contributed by atoms with Gasteiger partial charge in [0.2, 0.25) is 15.9 Å². The minimum Gasteiger partial charge on any atom is -0.326 e. The zero-order valence-electron chi connectivity index (χ0n) is 13.7. The maximum Gasteiger partial charge on any atom is 0.240 e. The number of carbonyl (C=O) groups excluding carboxylic acids is 1. The molecule has 23 heavy (non-hydrogen) atoms. The number of carbonyl (C=O) groups is 1. The van der Waals surface area contributed by atoms with Crippen LogP contribution >= 0.6 is 0 Å². The molecule has 1 atom stereocenters. The lowest BCUT2D eigenvalue weighted by Gasteiger charge is -2.32. The molecule has 7 heteroatoms. The summed E-state index contributed by atoms with van der Waals surface area (Å²) in [5, 5.41) is 2.62. The van der Waals surface area contributed by atoms with Gasteiger partial charge < -0.3 is 5.32 Å². The smallest absolute Gasteiger partial charge is 0.240 e. The number of hydrogen-bond acceptors (Lipinski definition) is 4. The Bertz CT molecular complexity index is 622. The predicted molar refractivity (Wildman–Crippen MR) is 90.8 cm³/mol. The van der Waals surface area contributed by atoms with E-state index in [-0.39, 0.29) is 16.8 Å². The molecule has 2 rings (SSSR count). The summed E-state index contributed by atoms with van der Waals surface area (Å²) < 4.78 is 27.3. The number of anilines is 1. The summed E-state index contributed by atoms with van der Waals surface area (Å²) in [7, 11) is -3.53. The maximum absolute atomic E-state index is 12.3. The predicted octanol–water partition coefficient (Wildman–Crippen LogP) is 1.80. The molecule has 1 aromatic carbocycles. The summed E-state index contributed by atoms with van der Waals surface area (Å²) >= 11 is 0. The molecule has 1 aliphatic rings. The molecule has 0 aliphatic carbocycles. The molecule has 0 aromatic heterocycles. The van der Waals surface area contributed by atoms with Gasteiger partial charge in [0.25, 0.3) is 0 Å². The molecule has 1 heterocycles. The number of likely N-dealkylation sites (tertiary alicyclic amines) is 1. The number of amides is 1. The molecule has 1 fully saturated rings. The molecule has 0 spiro atoms. The molecule has 1 amide bonds. The van der Waals surface area contributed by atoms with Crippen LogP contribution in [0.15, 0.2) is 29.2 Å². The Morgan fingerprint density at radius 2 is 1.78 bits per heavy atom. The largest absolute Gasteiger partial charge is 0.326 e. The molecule has 1 saturated heterocycles. The molecule has 1 aliphatic heterocycles. The zero-order valence-corrected chi connectivity index (χ0v) is 14.5. The Morgan fingerprint density at radius 1 is 1.17 bits per heavy atom. The third kappa shape index (κ3) is 5.30. The molecule has 1 aromatic rings. The Labute approximate surface area is 138 Å². The van der Waals surface area contributed by atoms with Crippen LogP contribution in [0.2, 0.25) is 0 Å².